The van der Waals surface area contributed by atoms with E-state index in [2.05, 4.69) is 25.6 Å². The van der Waals surface area contributed by atoms with E-state index in [1.807, 2.05) is 6.92 Å². The van der Waals surface area contributed by atoms with Gasteiger partial charge in [0.2, 0.25) is 11.0 Å². The van der Waals surface area contributed by atoms with Gasteiger partial charge in [0, 0.05) is 11.8 Å². The first-order valence-electron chi connectivity index (χ1n) is 8.64. The third-order valence-electron chi connectivity index (χ3n) is 3.59. The number of thiocarbonyl (C=S) groups is 1. The number of carbonyl (C=O) groups is 1. The summed E-state index contributed by atoms with van der Waals surface area (Å²) < 4.78 is 32.4. The van der Waals surface area contributed by atoms with Crippen LogP contribution in [0.4, 0.5) is 10.8 Å². The Hall–Kier alpha value is -3.09. The summed E-state index contributed by atoms with van der Waals surface area (Å²) in [6, 6.07) is 9.30. The number of hydrogen-bond donors (Lipinski definition) is 3. The Kier molecular flexibility index (Phi) is 6.92. The number of aromatic nitrogens is 2. The van der Waals surface area contributed by atoms with Crippen LogP contribution in [0.2, 0.25) is 0 Å². The molecular formula is C18H17N5O4S3. The summed E-state index contributed by atoms with van der Waals surface area (Å²) in [6.07, 6.45) is 4.96. The number of hydrogen-bond acceptors (Lipinski definition) is 8. The Morgan fingerprint density at radius 1 is 1.23 bits per heavy atom. The van der Waals surface area contributed by atoms with Crippen molar-refractivity contribution in [3.63, 3.8) is 0 Å². The van der Waals surface area contributed by atoms with Gasteiger partial charge < -0.3 is 9.73 Å². The number of carbonyl (C=O) groups excluding carboxylic acids is 1. The van der Waals surface area contributed by atoms with Gasteiger partial charge in [-0.3, -0.25) is 14.8 Å². The summed E-state index contributed by atoms with van der Waals surface area (Å²) in [6.45, 7) is 1.91. The Morgan fingerprint density at radius 2 is 2.00 bits per heavy atom. The zero-order valence-corrected chi connectivity index (χ0v) is 18.1. The van der Waals surface area contributed by atoms with Crippen molar-refractivity contribution in [1.82, 2.24) is 15.5 Å². The highest BCUT2D eigenvalue weighted by Gasteiger charge is 2.16. The fourth-order valence-corrected chi connectivity index (χ4v) is 4.32. The van der Waals surface area contributed by atoms with Gasteiger partial charge >= 0.3 is 0 Å². The molecule has 0 atom stereocenters. The number of rotatable bonds is 7. The lowest BCUT2D eigenvalue weighted by Crippen LogP contribution is -2.32. The maximum Gasteiger partial charge on any atom is 0.263 e. The molecule has 0 unspecified atom stereocenters. The van der Waals surface area contributed by atoms with E-state index in [0.717, 1.165) is 5.01 Å². The largest absolute Gasteiger partial charge is 0.465 e. The van der Waals surface area contributed by atoms with E-state index in [1.54, 1.807) is 12.1 Å². The highest BCUT2D eigenvalue weighted by atomic mass is 32.2. The Bertz CT molecular complexity index is 1150. The van der Waals surface area contributed by atoms with Crippen LogP contribution < -0.4 is 15.4 Å². The molecule has 0 radical (unpaired) electrons. The van der Waals surface area contributed by atoms with Gasteiger partial charge in [-0.2, -0.15) is 0 Å². The van der Waals surface area contributed by atoms with Gasteiger partial charge in [0.15, 0.2) is 5.11 Å². The molecule has 2 aromatic heterocycles. The number of furan rings is 1. The van der Waals surface area contributed by atoms with Gasteiger partial charge in [-0.1, -0.05) is 18.3 Å². The Balaban J connectivity index is 1.56. The van der Waals surface area contributed by atoms with Gasteiger partial charge in [-0.05, 0) is 61.1 Å². The van der Waals surface area contributed by atoms with E-state index in [-0.39, 0.29) is 15.1 Å². The quantitative estimate of drug-likeness (QED) is 0.361. The minimum absolute atomic E-state index is 0.0534. The highest BCUT2D eigenvalue weighted by Crippen LogP contribution is 2.21. The standard InChI is InChI=1S/C18H17N5O4S3/c1-2-16-21-22-18(29-16)23-30(25,26)14-8-5-12(6-9-14)19-17(28)20-15(24)10-7-13-4-3-11-27-13/h3-11H,2H2,1H3,(H,22,23)(H2,19,20,24,28)/b10-7+. The minimum atomic E-state index is -3.79. The molecule has 0 spiro atoms. The second-order valence-corrected chi connectivity index (χ2v) is 8.93. The van der Waals surface area contributed by atoms with Gasteiger partial charge in [0.05, 0.1) is 11.2 Å². The molecule has 0 fully saturated rings. The van der Waals surface area contributed by atoms with Crippen LogP contribution in [0.3, 0.4) is 0 Å². The second kappa shape index (κ2) is 9.61. The van der Waals surface area contributed by atoms with Crippen LogP contribution in [0, 0.1) is 0 Å². The molecule has 1 amide bonds. The van der Waals surface area contributed by atoms with Crippen molar-refractivity contribution in [2.75, 3.05) is 10.0 Å². The van der Waals surface area contributed by atoms with Crippen LogP contribution in [0.15, 0.2) is 58.1 Å². The fraction of sp³-hybridized carbons (Fsp3) is 0.111. The smallest absolute Gasteiger partial charge is 0.263 e. The van der Waals surface area contributed by atoms with E-state index >= 15 is 0 Å². The SMILES string of the molecule is CCc1nnc(NS(=O)(=O)c2ccc(NC(=S)NC(=O)/C=C/c3ccco3)cc2)s1. The molecule has 156 valence electrons. The molecule has 3 rings (SSSR count). The van der Waals surface area contributed by atoms with E-state index in [1.165, 1.54) is 54.0 Å². The third kappa shape index (κ3) is 5.95. The lowest BCUT2D eigenvalue weighted by atomic mass is 10.3. The molecule has 3 N–H and O–H groups in total. The van der Waals surface area contributed by atoms with Crippen LogP contribution >= 0.6 is 23.6 Å². The number of sulfonamides is 1. The zero-order valence-electron chi connectivity index (χ0n) is 15.7. The van der Waals surface area contributed by atoms with Crippen LogP contribution in [0.1, 0.15) is 17.7 Å². The van der Waals surface area contributed by atoms with Crippen molar-refractivity contribution in [1.29, 1.82) is 0 Å². The second-order valence-electron chi connectivity index (χ2n) is 5.78. The molecule has 1 aromatic carbocycles. The normalized spacial score (nSPS) is 11.4. The topological polar surface area (TPSA) is 126 Å². The molecule has 30 heavy (non-hydrogen) atoms. The van der Waals surface area contributed by atoms with Crippen molar-refractivity contribution in [3.05, 3.63) is 59.5 Å². The number of amides is 1. The molecule has 0 aliphatic heterocycles. The van der Waals surface area contributed by atoms with Gasteiger partial charge in [-0.25, -0.2) is 8.42 Å². The van der Waals surface area contributed by atoms with E-state index in [4.69, 9.17) is 16.6 Å². The van der Waals surface area contributed by atoms with E-state index in [0.29, 0.717) is 17.9 Å². The highest BCUT2D eigenvalue weighted by molar-refractivity contribution is 7.93. The monoisotopic (exact) mass is 463 g/mol. The summed E-state index contributed by atoms with van der Waals surface area (Å²) in [7, 11) is -3.79. The lowest BCUT2D eigenvalue weighted by molar-refractivity contribution is -0.115. The maximum absolute atomic E-state index is 12.5. The van der Waals surface area contributed by atoms with E-state index < -0.39 is 15.9 Å². The molecule has 0 saturated carbocycles. The Morgan fingerprint density at radius 3 is 2.63 bits per heavy atom. The molecule has 9 nitrogen and oxygen atoms in total. The summed E-state index contributed by atoms with van der Waals surface area (Å²) in [4.78, 5) is 11.9. The number of benzene rings is 1. The molecule has 3 aromatic rings. The van der Waals surface area contributed by atoms with E-state index in [9.17, 15) is 13.2 Å². The zero-order chi connectivity index (χ0) is 21.6. The Labute approximate surface area is 182 Å². The average Bonchev–Trinajstić information content (AvgIpc) is 3.38. The summed E-state index contributed by atoms with van der Waals surface area (Å²) in [5, 5.41) is 14.0. The van der Waals surface area contributed by atoms with Crippen molar-refractivity contribution in [2.45, 2.75) is 18.2 Å². The molecule has 0 aliphatic carbocycles. The molecule has 0 bridgehead atoms. The van der Waals surface area contributed by atoms with Gasteiger partial charge in [-0.15, -0.1) is 10.2 Å². The summed E-state index contributed by atoms with van der Waals surface area (Å²) >= 11 is 6.27. The minimum Gasteiger partial charge on any atom is -0.465 e. The van der Waals surface area contributed by atoms with Crippen LogP contribution in [0.25, 0.3) is 6.08 Å². The first-order chi connectivity index (χ1) is 14.4. The molecule has 12 heteroatoms. The van der Waals surface area contributed by atoms with Gasteiger partial charge in [0.25, 0.3) is 10.0 Å². The lowest BCUT2D eigenvalue weighted by Gasteiger charge is -2.09. The number of nitrogens with one attached hydrogen (secondary N) is 3. The molecular weight excluding hydrogens is 446 g/mol. The first kappa shape index (κ1) is 21.6. The fourth-order valence-electron chi connectivity index (χ4n) is 2.19. The molecule has 0 saturated heterocycles. The number of aryl methyl sites for hydroxylation is 1. The number of anilines is 2. The molecule has 2 heterocycles. The number of nitrogens with zero attached hydrogens (tertiary/aromatic N) is 2. The van der Waals surface area contributed by atoms with Crippen molar-refractivity contribution in [3.8, 4) is 0 Å². The van der Waals surface area contributed by atoms with Crippen LogP contribution in [-0.4, -0.2) is 29.6 Å². The van der Waals surface area contributed by atoms with Crippen LogP contribution in [0.5, 0.6) is 0 Å². The third-order valence-corrected chi connectivity index (χ3v) is 6.26. The summed E-state index contributed by atoms with van der Waals surface area (Å²) in [5.74, 6) is 0.102. The maximum atomic E-state index is 12.5. The van der Waals surface area contributed by atoms with Gasteiger partial charge in [0.1, 0.15) is 10.8 Å². The van der Waals surface area contributed by atoms with Crippen molar-refractivity contribution in [2.24, 2.45) is 0 Å². The van der Waals surface area contributed by atoms with Crippen LogP contribution in [-0.2, 0) is 21.2 Å². The van der Waals surface area contributed by atoms with Crippen molar-refractivity contribution < 1.29 is 17.6 Å². The predicted molar refractivity (Wildman–Crippen MR) is 119 cm³/mol. The summed E-state index contributed by atoms with van der Waals surface area (Å²) in [5.41, 5.74) is 0.512. The van der Waals surface area contributed by atoms with Crippen molar-refractivity contribution >= 4 is 61.5 Å². The first-order valence-corrected chi connectivity index (χ1v) is 11.4. The molecule has 0 aliphatic rings. The predicted octanol–water partition coefficient (Wildman–Crippen LogP) is 3.02. The average molecular weight is 464 g/mol.